The molecule has 0 saturated carbocycles. The van der Waals surface area contributed by atoms with Crippen molar-refractivity contribution in [3.05, 3.63) is 42.1 Å². The number of piperidine rings is 1. The molecular weight excluding hydrogens is 350 g/mol. The lowest BCUT2D eigenvalue weighted by molar-refractivity contribution is -0.119. The van der Waals surface area contributed by atoms with E-state index in [1.807, 2.05) is 19.9 Å². The quantitative estimate of drug-likeness (QED) is 0.737. The smallest absolute Gasteiger partial charge is 0.235 e. The summed E-state index contributed by atoms with van der Waals surface area (Å²) in [6.07, 6.45) is 4.12. The molecule has 0 spiro atoms. The number of aromatic nitrogens is 3. The zero-order chi connectivity index (χ0) is 19.3. The zero-order valence-electron chi connectivity index (χ0n) is 16.3. The molecule has 2 N–H and O–H groups in total. The van der Waals surface area contributed by atoms with Gasteiger partial charge in [-0.05, 0) is 57.8 Å². The van der Waals surface area contributed by atoms with Gasteiger partial charge in [-0.25, -0.2) is 4.98 Å². The summed E-state index contributed by atoms with van der Waals surface area (Å²) >= 11 is 0. The van der Waals surface area contributed by atoms with Crippen molar-refractivity contribution in [3.8, 4) is 11.3 Å². The molecule has 0 atom stereocenters. The lowest BCUT2D eigenvalue weighted by Gasteiger charge is -2.22. The highest BCUT2D eigenvalue weighted by Gasteiger charge is 2.42. The highest BCUT2D eigenvalue weighted by atomic mass is 16.2. The molecule has 2 aliphatic rings. The van der Waals surface area contributed by atoms with Crippen molar-refractivity contribution >= 4 is 22.6 Å². The van der Waals surface area contributed by atoms with Crippen LogP contribution in [0.3, 0.4) is 0 Å². The van der Waals surface area contributed by atoms with Crippen molar-refractivity contribution in [2.75, 3.05) is 18.4 Å². The number of amides is 1. The van der Waals surface area contributed by atoms with Crippen LogP contribution in [-0.4, -0.2) is 33.8 Å². The monoisotopic (exact) mass is 375 g/mol. The van der Waals surface area contributed by atoms with Crippen LogP contribution in [0, 0.1) is 5.92 Å². The van der Waals surface area contributed by atoms with Gasteiger partial charge in [-0.1, -0.05) is 18.2 Å². The minimum absolute atomic E-state index is 0.0131. The van der Waals surface area contributed by atoms with Gasteiger partial charge in [-0.2, -0.15) is 5.10 Å². The third-order valence-corrected chi connectivity index (χ3v) is 6.18. The first-order valence-electron chi connectivity index (χ1n) is 10.0. The number of carbonyl (C=O) groups is 1. The van der Waals surface area contributed by atoms with Crippen LogP contribution in [0.2, 0.25) is 0 Å². The summed E-state index contributed by atoms with van der Waals surface area (Å²) in [6, 6.07) is 10.4. The van der Waals surface area contributed by atoms with Crippen molar-refractivity contribution in [2.45, 2.75) is 38.6 Å². The Balaban J connectivity index is 1.66. The Labute approximate surface area is 164 Å². The fourth-order valence-corrected chi connectivity index (χ4v) is 4.54. The van der Waals surface area contributed by atoms with Gasteiger partial charge in [0.05, 0.1) is 10.9 Å². The van der Waals surface area contributed by atoms with Crippen LogP contribution in [0.25, 0.3) is 22.2 Å². The number of benzene rings is 1. The Morgan fingerprint density at radius 1 is 1.18 bits per heavy atom. The van der Waals surface area contributed by atoms with E-state index in [-0.39, 0.29) is 5.91 Å². The second-order valence-electron chi connectivity index (χ2n) is 8.40. The average molecular weight is 375 g/mol. The standard InChI is InChI=1S/C22H25N5O/c1-22(2)18-16(9-12-24-20(18)25-21(22)28)19-15-5-3-4-6-17(15)27(26-19)13-14-7-10-23-11-8-14/h3-6,9,12,14,23H,7-8,10-11,13H2,1-2H3,(H,24,25,28). The van der Waals surface area contributed by atoms with E-state index in [0.29, 0.717) is 11.7 Å². The number of fused-ring (bicyclic) bond motifs is 2. The van der Waals surface area contributed by atoms with Gasteiger partial charge in [-0.3, -0.25) is 9.48 Å². The molecular formula is C22H25N5O. The van der Waals surface area contributed by atoms with Crippen LogP contribution in [0.4, 0.5) is 5.82 Å². The largest absolute Gasteiger partial charge is 0.317 e. The van der Waals surface area contributed by atoms with Gasteiger partial charge in [0.2, 0.25) is 5.91 Å². The first kappa shape index (κ1) is 17.4. The van der Waals surface area contributed by atoms with Gasteiger partial charge in [-0.15, -0.1) is 0 Å². The number of nitrogens with zero attached hydrogens (tertiary/aromatic N) is 3. The fraction of sp³-hybridized carbons (Fsp3) is 0.409. The summed E-state index contributed by atoms with van der Waals surface area (Å²) in [7, 11) is 0. The van der Waals surface area contributed by atoms with Crippen LogP contribution in [-0.2, 0) is 16.8 Å². The van der Waals surface area contributed by atoms with Crippen LogP contribution < -0.4 is 10.6 Å². The molecule has 2 aromatic heterocycles. The second kappa shape index (κ2) is 6.41. The van der Waals surface area contributed by atoms with Crippen molar-refractivity contribution in [1.29, 1.82) is 0 Å². The molecule has 6 heteroatoms. The highest BCUT2D eigenvalue weighted by Crippen LogP contribution is 2.43. The first-order chi connectivity index (χ1) is 13.6. The van der Waals surface area contributed by atoms with E-state index in [2.05, 4.69) is 44.6 Å². The predicted molar refractivity (Wildman–Crippen MR) is 110 cm³/mol. The minimum atomic E-state index is -0.626. The molecule has 3 aromatic rings. The number of para-hydroxylation sites is 1. The third kappa shape index (κ3) is 2.63. The summed E-state index contributed by atoms with van der Waals surface area (Å²) in [5.41, 5.74) is 3.40. The molecule has 0 radical (unpaired) electrons. The zero-order valence-corrected chi connectivity index (χ0v) is 16.3. The number of pyridine rings is 1. The Morgan fingerprint density at radius 3 is 2.79 bits per heavy atom. The second-order valence-corrected chi connectivity index (χ2v) is 8.40. The van der Waals surface area contributed by atoms with Gasteiger partial charge in [0.15, 0.2) is 0 Å². The predicted octanol–water partition coefficient (Wildman–Crippen LogP) is 3.33. The first-order valence-corrected chi connectivity index (χ1v) is 10.0. The van der Waals surface area contributed by atoms with Gasteiger partial charge in [0, 0.05) is 29.3 Å². The van der Waals surface area contributed by atoms with E-state index in [9.17, 15) is 4.79 Å². The van der Waals surface area contributed by atoms with E-state index in [0.717, 1.165) is 47.4 Å². The Morgan fingerprint density at radius 2 is 1.96 bits per heavy atom. The summed E-state index contributed by atoms with van der Waals surface area (Å²) in [6.45, 7) is 6.99. The van der Waals surface area contributed by atoms with Crippen LogP contribution in [0.15, 0.2) is 36.5 Å². The van der Waals surface area contributed by atoms with Crippen molar-refractivity contribution < 1.29 is 4.79 Å². The number of anilines is 1. The Bertz CT molecular complexity index is 1060. The van der Waals surface area contributed by atoms with Crippen LogP contribution in [0.5, 0.6) is 0 Å². The third-order valence-electron chi connectivity index (χ3n) is 6.18. The SMILES string of the molecule is CC1(C)C(=O)Nc2nccc(-c3nn(CC4CCNCC4)c4ccccc34)c21. The maximum Gasteiger partial charge on any atom is 0.235 e. The van der Waals surface area contributed by atoms with Crippen molar-refractivity contribution in [1.82, 2.24) is 20.1 Å². The molecule has 28 heavy (non-hydrogen) atoms. The summed E-state index contributed by atoms with van der Waals surface area (Å²) < 4.78 is 2.16. The molecule has 1 amide bonds. The van der Waals surface area contributed by atoms with Crippen LogP contribution >= 0.6 is 0 Å². The minimum Gasteiger partial charge on any atom is -0.317 e. The molecule has 4 heterocycles. The van der Waals surface area contributed by atoms with Gasteiger partial charge < -0.3 is 10.6 Å². The fourth-order valence-electron chi connectivity index (χ4n) is 4.54. The number of rotatable bonds is 3. The molecule has 0 bridgehead atoms. The maximum atomic E-state index is 12.5. The molecule has 0 aliphatic carbocycles. The van der Waals surface area contributed by atoms with E-state index in [1.165, 1.54) is 12.8 Å². The van der Waals surface area contributed by atoms with Crippen LogP contribution in [0.1, 0.15) is 32.3 Å². The Hall–Kier alpha value is -2.73. The van der Waals surface area contributed by atoms with Gasteiger partial charge >= 0.3 is 0 Å². The number of hydrogen-bond acceptors (Lipinski definition) is 4. The molecule has 2 aliphatic heterocycles. The topological polar surface area (TPSA) is 71.8 Å². The molecule has 1 saturated heterocycles. The number of carbonyl (C=O) groups excluding carboxylic acids is 1. The molecule has 1 aromatic carbocycles. The highest BCUT2D eigenvalue weighted by molar-refractivity contribution is 6.08. The average Bonchev–Trinajstić information content (AvgIpc) is 3.18. The maximum absolute atomic E-state index is 12.5. The van der Waals surface area contributed by atoms with E-state index < -0.39 is 5.41 Å². The van der Waals surface area contributed by atoms with Gasteiger partial charge in [0.1, 0.15) is 11.5 Å². The van der Waals surface area contributed by atoms with Crippen molar-refractivity contribution in [2.24, 2.45) is 5.92 Å². The summed E-state index contributed by atoms with van der Waals surface area (Å²) in [5, 5.41) is 12.5. The molecule has 1 fully saturated rings. The van der Waals surface area contributed by atoms with E-state index >= 15 is 0 Å². The van der Waals surface area contributed by atoms with E-state index in [1.54, 1.807) is 6.20 Å². The number of hydrogen-bond donors (Lipinski definition) is 2. The molecule has 5 rings (SSSR count). The summed E-state index contributed by atoms with van der Waals surface area (Å²) in [5.74, 6) is 1.28. The molecule has 144 valence electrons. The molecule has 6 nitrogen and oxygen atoms in total. The van der Waals surface area contributed by atoms with Crippen molar-refractivity contribution in [3.63, 3.8) is 0 Å². The number of nitrogens with one attached hydrogen (secondary N) is 2. The summed E-state index contributed by atoms with van der Waals surface area (Å²) in [4.78, 5) is 16.9. The lowest BCUT2D eigenvalue weighted by Crippen LogP contribution is -2.30. The van der Waals surface area contributed by atoms with E-state index in [4.69, 9.17) is 5.10 Å². The Kier molecular flexibility index (Phi) is 3.98. The van der Waals surface area contributed by atoms with Gasteiger partial charge in [0.25, 0.3) is 0 Å². The normalized spacial score (nSPS) is 19.0. The lowest BCUT2D eigenvalue weighted by atomic mass is 9.83. The molecule has 0 unspecified atom stereocenters.